The summed E-state index contributed by atoms with van der Waals surface area (Å²) in [6.45, 7) is 5.57. The zero-order valence-electron chi connectivity index (χ0n) is 15.4. The molecule has 6 heteroatoms. The number of benzene rings is 2. The van der Waals surface area contributed by atoms with Crippen LogP contribution in [0.15, 0.2) is 54.6 Å². The predicted molar refractivity (Wildman–Crippen MR) is 106 cm³/mol. The van der Waals surface area contributed by atoms with Gasteiger partial charge >= 0.3 is 0 Å². The smallest absolute Gasteiger partial charge is 0.234 e. The van der Waals surface area contributed by atoms with Gasteiger partial charge in [-0.2, -0.15) is 0 Å². The lowest BCUT2D eigenvalue weighted by molar-refractivity contribution is -0.122. The zero-order chi connectivity index (χ0) is 18.5. The molecule has 1 aliphatic rings. The van der Waals surface area contributed by atoms with Gasteiger partial charge in [-0.25, -0.2) is 4.98 Å². The van der Waals surface area contributed by atoms with Gasteiger partial charge in [-0.1, -0.05) is 42.5 Å². The van der Waals surface area contributed by atoms with Gasteiger partial charge in [0.1, 0.15) is 5.82 Å². The molecule has 4 rings (SSSR count). The molecule has 2 aromatic carbocycles. The van der Waals surface area contributed by atoms with Crippen LogP contribution < -0.4 is 5.32 Å². The van der Waals surface area contributed by atoms with Crippen molar-refractivity contribution in [3.05, 3.63) is 66.0 Å². The Hall–Kier alpha value is -2.70. The van der Waals surface area contributed by atoms with Crippen LogP contribution >= 0.6 is 0 Å². The number of para-hydroxylation sites is 2. The van der Waals surface area contributed by atoms with Gasteiger partial charge in [-0.3, -0.25) is 14.6 Å². The molecule has 1 saturated heterocycles. The van der Waals surface area contributed by atoms with Crippen LogP contribution in [0.1, 0.15) is 11.4 Å². The molecule has 0 spiro atoms. The second-order valence-electron chi connectivity index (χ2n) is 7.02. The number of amides is 1. The van der Waals surface area contributed by atoms with Crippen molar-refractivity contribution in [1.29, 1.82) is 0 Å². The molecule has 0 atom stereocenters. The van der Waals surface area contributed by atoms with E-state index in [1.54, 1.807) is 0 Å². The predicted octanol–water partition coefficient (Wildman–Crippen LogP) is 2.00. The molecule has 6 nitrogen and oxygen atoms in total. The van der Waals surface area contributed by atoms with Gasteiger partial charge in [0.25, 0.3) is 0 Å². The molecule has 0 saturated carbocycles. The molecule has 0 bridgehead atoms. The molecule has 2 heterocycles. The maximum atomic E-state index is 12.2. The lowest BCUT2D eigenvalue weighted by Crippen LogP contribution is -2.49. The van der Waals surface area contributed by atoms with Crippen molar-refractivity contribution in [2.75, 3.05) is 32.7 Å². The van der Waals surface area contributed by atoms with Crippen LogP contribution in [0, 0.1) is 0 Å². The first-order valence-electron chi connectivity index (χ1n) is 9.45. The number of carbonyl (C=O) groups is 1. The van der Waals surface area contributed by atoms with E-state index < -0.39 is 0 Å². The highest BCUT2D eigenvalue weighted by Gasteiger charge is 2.19. The molecule has 2 N–H and O–H groups in total. The number of aromatic amines is 1. The van der Waals surface area contributed by atoms with E-state index in [1.807, 2.05) is 48.5 Å². The summed E-state index contributed by atoms with van der Waals surface area (Å²) in [5.74, 6) is 1.09. The molecule has 3 aromatic rings. The first-order valence-corrected chi connectivity index (χ1v) is 9.45. The van der Waals surface area contributed by atoms with Crippen molar-refractivity contribution in [3.8, 4) is 0 Å². The van der Waals surface area contributed by atoms with Crippen molar-refractivity contribution >= 4 is 16.9 Å². The average molecular weight is 363 g/mol. The van der Waals surface area contributed by atoms with Gasteiger partial charge in [0, 0.05) is 32.7 Å². The van der Waals surface area contributed by atoms with E-state index in [0.717, 1.165) is 55.1 Å². The Morgan fingerprint density at radius 1 is 0.963 bits per heavy atom. The summed E-state index contributed by atoms with van der Waals surface area (Å²) in [4.78, 5) is 24.8. The molecule has 27 heavy (non-hydrogen) atoms. The van der Waals surface area contributed by atoms with E-state index in [0.29, 0.717) is 13.1 Å². The Balaban J connectivity index is 1.21. The third-order valence-corrected chi connectivity index (χ3v) is 4.98. The molecular formula is C21H25N5O. The molecule has 140 valence electrons. The topological polar surface area (TPSA) is 64.3 Å². The number of carbonyl (C=O) groups excluding carboxylic acids is 1. The highest BCUT2D eigenvalue weighted by Crippen LogP contribution is 2.13. The lowest BCUT2D eigenvalue weighted by Gasteiger charge is -2.33. The summed E-state index contributed by atoms with van der Waals surface area (Å²) in [5, 5.41) is 3.00. The van der Waals surface area contributed by atoms with Crippen LogP contribution in [0.25, 0.3) is 11.0 Å². The Morgan fingerprint density at radius 3 is 2.44 bits per heavy atom. The van der Waals surface area contributed by atoms with Crippen LogP contribution in [0.4, 0.5) is 0 Å². The third-order valence-electron chi connectivity index (χ3n) is 4.98. The van der Waals surface area contributed by atoms with Gasteiger partial charge in [-0.05, 0) is 17.7 Å². The number of nitrogens with one attached hydrogen (secondary N) is 2. The van der Waals surface area contributed by atoms with Crippen molar-refractivity contribution in [2.45, 2.75) is 13.1 Å². The van der Waals surface area contributed by atoms with Crippen molar-refractivity contribution < 1.29 is 4.79 Å². The summed E-state index contributed by atoms with van der Waals surface area (Å²) < 4.78 is 0. The number of aromatic nitrogens is 2. The number of imidazole rings is 1. The summed E-state index contributed by atoms with van der Waals surface area (Å²) in [7, 11) is 0. The van der Waals surface area contributed by atoms with Crippen LogP contribution in [0.3, 0.4) is 0 Å². The first kappa shape index (κ1) is 17.7. The average Bonchev–Trinajstić information content (AvgIpc) is 3.11. The van der Waals surface area contributed by atoms with Crippen molar-refractivity contribution in [1.82, 2.24) is 25.1 Å². The maximum absolute atomic E-state index is 12.2. The largest absolute Gasteiger partial charge is 0.351 e. The first-order chi connectivity index (χ1) is 13.3. The number of H-pyrrole nitrogens is 1. The SMILES string of the molecule is O=C(CN1CCN(Cc2nc3ccccc3[nH]2)CC1)NCc1ccccc1. The van der Waals surface area contributed by atoms with Crippen LogP contribution in [-0.2, 0) is 17.9 Å². The normalized spacial score (nSPS) is 15.9. The summed E-state index contributed by atoms with van der Waals surface area (Å²) in [6.07, 6.45) is 0. The standard InChI is InChI=1S/C21H25N5O/c27-21(22-14-17-6-2-1-3-7-17)16-26-12-10-25(11-13-26)15-20-23-18-8-4-5-9-19(18)24-20/h1-9H,10-16H2,(H,22,27)(H,23,24). The number of rotatable bonds is 6. The highest BCUT2D eigenvalue weighted by atomic mass is 16.2. The minimum atomic E-state index is 0.0876. The summed E-state index contributed by atoms with van der Waals surface area (Å²) in [6, 6.07) is 18.1. The molecule has 1 fully saturated rings. The molecular weight excluding hydrogens is 338 g/mol. The van der Waals surface area contributed by atoms with E-state index in [4.69, 9.17) is 0 Å². The minimum Gasteiger partial charge on any atom is -0.351 e. The second kappa shape index (κ2) is 8.33. The molecule has 1 amide bonds. The Morgan fingerprint density at radius 2 is 1.67 bits per heavy atom. The van der Waals surface area contributed by atoms with Gasteiger partial charge < -0.3 is 10.3 Å². The maximum Gasteiger partial charge on any atom is 0.234 e. The van der Waals surface area contributed by atoms with Gasteiger partial charge in [0.2, 0.25) is 5.91 Å². The minimum absolute atomic E-state index is 0.0876. The molecule has 1 aliphatic heterocycles. The Labute approximate surface area is 159 Å². The van der Waals surface area contributed by atoms with E-state index in [1.165, 1.54) is 0 Å². The molecule has 0 aliphatic carbocycles. The lowest BCUT2D eigenvalue weighted by atomic mass is 10.2. The zero-order valence-corrected chi connectivity index (χ0v) is 15.4. The van der Waals surface area contributed by atoms with E-state index in [-0.39, 0.29) is 5.91 Å². The van der Waals surface area contributed by atoms with E-state index in [2.05, 4.69) is 31.2 Å². The fourth-order valence-electron chi connectivity index (χ4n) is 3.45. The van der Waals surface area contributed by atoms with Crippen molar-refractivity contribution in [3.63, 3.8) is 0 Å². The Bertz CT molecular complexity index is 851. The number of fused-ring (bicyclic) bond motifs is 1. The highest BCUT2D eigenvalue weighted by molar-refractivity contribution is 5.78. The molecule has 1 aromatic heterocycles. The Kier molecular flexibility index (Phi) is 5.46. The molecule has 0 radical (unpaired) electrons. The molecule has 0 unspecified atom stereocenters. The van der Waals surface area contributed by atoms with E-state index >= 15 is 0 Å². The number of piperazine rings is 1. The van der Waals surface area contributed by atoms with Gasteiger partial charge in [0.15, 0.2) is 0 Å². The number of hydrogen-bond donors (Lipinski definition) is 2. The summed E-state index contributed by atoms with van der Waals surface area (Å²) in [5.41, 5.74) is 3.23. The van der Waals surface area contributed by atoms with Gasteiger partial charge in [-0.15, -0.1) is 0 Å². The summed E-state index contributed by atoms with van der Waals surface area (Å²) >= 11 is 0. The number of nitrogens with zero attached hydrogens (tertiary/aromatic N) is 3. The van der Waals surface area contributed by atoms with E-state index in [9.17, 15) is 4.79 Å². The van der Waals surface area contributed by atoms with Crippen LogP contribution in [-0.4, -0.2) is 58.4 Å². The quantitative estimate of drug-likeness (QED) is 0.703. The fourth-order valence-corrected chi connectivity index (χ4v) is 3.45. The third kappa shape index (κ3) is 4.72. The second-order valence-corrected chi connectivity index (χ2v) is 7.02. The van der Waals surface area contributed by atoms with Crippen LogP contribution in [0.2, 0.25) is 0 Å². The monoisotopic (exact) mass is 363 g/mol. The fraction of sp³-hybridized carbons (Fsp3) is 0.333. The number of hydrogen-bond acceptors (Lipinski definition) is 4. The van der Waals surface area contributed by atoms with Gasteiger partial charge in [0.05, 0.1) is 24.1 Å². The van der Waals surface area contributed by atoms with Crippen LogP contribution in [0.5, 0.6) is 0 Å². The van der Waals surface area contributed by atoms with Crippen molar-refractivity contribution in [2.24, 2.45) is 0 Å².